The number of hydrogen-bond acceptors (Lipinski definition) is 6. The minimum Gasteiger partial charge on any atom is -0.444 e. The Morgan fingerprint density at radius 3 is 1.15 bits per heavy atom. The van der Waals surface area contributed by atoms with Gasteiger partial charge in [0.2, 0.25) is 11.8 Å². The van der Waals surface area contributed by atoms with Gasteiger partial charge in [0.25, 0.3) is 0 Å². The third kappa shape index (κ3) is 18.0. The van der Waals surface area contributed by atoms with Gasteiger partial charge in [0, 0.05) is 39.0 Å². The topological polar surface area (TPSA) is 135 Å². The van der Waals surface area contributed by atoms with Crippen LogP contribution in [0.15, 0.2) is 84.9 Å². The fourth-order valence-corrected chi connectivity index (χ4v) is 4.77. The molecule has 0 radical (unpaired) electrons. The molecule has 0 saturated heterocycles. The molecule has 3 rings (SSSR count). The number of nitrogens with one attached hydrogen (secondary N) is 4. The smallest absolute Gasteiger partial charge is 0.407 e. The van der Waals surface area contributed by atoms with E-state index >= 15 is 0 Å². The van der Waals surface area contributed by atoms with Crippen LogP contribution in [-0.2, 0) is 45.0 Å². The molecule has 0 spiro atoms. The molecule has 0 aliphatic rings. The number of carbonyl (C=O) groups excluding carboxylic acids is 4. The first-order valence-electron chi connectivity index (χ1n) is 17.7. The monoisotopic (exact) mass is 710 g/mol. The van der Waals surface area contributed by atoms with E-state index in [1.54, 1.807) is 0 Å². The molecule has 0 unspecified atom stereocenters. The summed E-state index contributed by atoms with van der Waals surface area (Å²) in [4.78, 5) is 48.3. The molecule has 0 aliphatic heterocycles. The number of rotatable bonds is 16. The van der Waals surface area contributed by atoms with Crippen LogP contribution < -0.4 is 21.3 Å². The average Bonchev–Trinajstić information content (AvgIpc) is 3.08. The van der Waals surface area contributed by atoms with Crippen molar-refractivity contribution in [3.8, 4) is 0 Å². The largest absolute Gasteiger partial charge is 0.444 e. The second-order valence-electron chi connectivity index (χ2n) is 14.4. The normalized spacial score (nSPS) is 11.7. The van der Waals surface area contributed by atoms with Gasteiger partial charge < -0.3 is 30.7 Å². The maximum atomic E-state index is 12.3. The highest BCUT2D eigenvalue weighted by Gasteiger charge is 2.16. The van der Waals surface area contributed by atoms with Crippen LogP contribution in [0.1, 0.15) is 87.8 Å². The third-order valence-corrected chi connectivity index (χ3v) is 7.39. The Hall–Kier alpha value is -5.38. The fourth-order valence-electron chi connectivity index (χ4n) is 4.77. The Morgan fingerprint density at radius 2 is 0.827 bits per heavy atom. The lowest BCUT2D eigenvalue weighted by Crippen LogP contribution is -2.32. The molecule has 0 aromatic heterocycles. The van der Waals surface area contributed by atoms with E-state index in [0.717, 1.165) is 33.4 Å². The predicted molar refractivity (Wildman–Crippen MR) is 206 cm³/mol. The first-order valence-corrected chi connectivity index (χ1v) is 17.7. The summed E-state index contributed by atoms with van der Waals surface area (Å²) in [5.41, 5.74) is 4.98. The number of aryl methyl sites for hydroxylation is 2. The van der Waals surface area contributed by atoms with Crippen LogP contribution in [0.5, 0.6) is 0 Å². The van der Waals surface area contributed by atoms with Gasteiger partial charge in [0.05, 0.1) is 0 Å². The highest BCUT2D eigenvalue weighted by Crippen LogP contribution is 2.12. The van der Waals surface area contributed by atoms with Crippen molar-refractivity contribution in [2.45, 2.75) is 91.5 Å². The van der Waals surface area contributed by atoms with Gasteiger partial charge in [0.15, 0.2) is 0 Å². The molecular weight excluding hydrogens is 656 g/mol. The van der Waals surface area contributed by atoms with Gasteiger partial charge in [-0.1, -0.05) is 97.1 Å². The van der Waals surface area contributed by atoms with Gasteiger partial charge in [-0.3, -0.25) is 9.59 Å². The summed E-state index contributed by atoms with van der Waals surface area (Å²) in [6, 6.07) is 23.6. The maximum Gasteiger partial charge on any atom is 0.407 e. The summed E-state index contributed by atoms with van der Waals surface area (Å²) >= 11 is 0. The van der Waals surface area contributed by atoms with Crippen molar-refractivity contribution in [1.29, 1.82) is 0 Å². The Balaban J connectivity index is 1.26. The zero-order valence-corrected chi connectivity index (χ0v) is 31.3. The molecule has 0 aliphatic carbocycles. The van der Waals surface area contributed by atoms with Gasteiger partial charge in [-0.25, -0.2) is 9.59 Å². The quantitative estimate of drug-likeness (QED) is 0.124. The molecular formula is C42H54N4O6. The molecule has 10 heteroatoms. The maximum absolute atomic E-state index is 12.3. The van der Waals surface area contributed by atoms with Crippen LogP contribution in [0.3, 0.4) is 0 Å². The average molecular weight is 711 g/mol. The summed E-state index contributed by atoms with van der Waals surface area (Å²) in [6.07, 6.45) is 8.89. The molecule has 0 bridgehead atoms. The van der Waals surface area contributed by atoms with E-state index in [2.05, 4.69) is 21.3 Å². The van der Waals surface area contributed by atoms with E-state index in [4.69, 9.17) is 9.47 Å². The van der Waals surface area contributed by atoms with Crippen molar-refractivity contribution in [3.05, 3.63) is 118 Å². The first-order chi connectivity index (χ1) is 24.6. The molecule has 4 N–H and O–H groups in total. The lowest BCUT2D eigenvalue weighted by atomic mass is 10.1. The van der Waals surface area contributed by atoms with Crippen LogP contribution in [0.2, 0.25) is 0 Å². The van der Waals surface area contributed by atoms with E-state index < -0.39 is 23.4 Å². The van der Waals surface area contributed by atoms with E-state index in [1.165, 1.54) is 0 Å². The molecule has 52 heavy (non-hydrogen) atoms. The van der Waals surface area contributed by atoms with E-state index in [9.17, 15) is 19.2 Å². The zero-order valence-electron chi connectivity index (χ0n) is 31.3. The lowest BCUT2D eigenvalue weighted by Gasteiger charge is -2.19. The molecule has 0 atom stereocenters. The van der Waals surface area contributed by atoms with E-state index in [1.807, 2.05) is 139 Å². The second kappa shape index (κ2) is 20.5. The summed E-state index contributed by atoms with van der Waals surface area (Å²) in [7, 11) is 0. The molecule has 4 amide bonds. The first kappa shape index (κ1) is 41.0. The number of benzene rings is 3. The van der Waals surface area contributed by atoms with Crippen molar-refractivity contribution in [2.75, 3.05) is 13.1 Å². The Morgan fingerprint density at radius 1 is 0.500 bits per heavy atom. The van der Waals surface area contributed by atoms with Crippen LogP contribution in [-0.4, -0.2) is 48.3 Å². The van der Waals surface area contributed by atoms with Crippen molar-refractivity contribution >= 4 is 36.2 Å². The molecule has 0 fully saturated rings. The van der Waals surface area contributed by atoms with E-state index in [0.29, 0.717) is 51.9 Å². The van der Waals surface area contributed by atoms with Gasteiger partial charge in [-0.2, -0.15) is 0 Å². The SMILES string of the molecule is CC(C)(C)OC(=O)NCc1ccc(CCC(=O)NC/C=C/c2ccc(/C=C/CNC(=O)CCc3ccc(CNC(=O)OC(C)(C)C)cc3)cc2)cc1. The van der Waals surface area contributed by atoms with Crippen molar-refractivity contribution in [1.82, 2.24) is 21.3 Å². The van der Waals surface area contributed by atoms with E-state index in [-0.39, 0.29) is 11.8 Å². The summed E-state index contributed by atoms with van der Waals surface area (Å²) < 4.78 is 10.5. The number of alkyl carbamates (subject to hydrolysis) is 2. The fraction of sp³-hybridized carbons (Fsp3) is 0.381. The number of ether oxygens (including phenoxy) is 2. The van der Waals surface area contributed by atoms with Gasteiger partial charge >= 0.3 is 12.2 Å². The third-order valence-electron chi connectivity index (χ3n) is 7.39. The number of amides is 4. The summed E-state index contributed by atoms with van der Waals surface area (Å²) in [5, 5.41) is 11.3. The van der Waals surface area contributed by atoms with Crippen molar-refractivity contribution in [3.63, 3.8) is 0 Å². The van der Waals surface area contributed by atoms with Crippen LogP contribution in [0.4, 0.5) is 9.59 Å². The van der Waals surface area contributed by atoms with Gasteiger partial charge in [-0.15, -0.1) is 0 Å². The minimum absolute atomic E-state index is 0.0203. The Labute approximate surface area is 308 Å². The molecule has 3 aromatic rings. The van der Waals surface area contributed by atoms with Gasteiger partial charge in [-0.05, 0) is 87.8 Å². The second-order valence-corrected chi connectivity index (χ2v) is 14.4. The molecule has 278 valence electrons. The highest BCUT2D eigenvalue weighted by molar-refractivity contribution is 5.77. The standard InChI is InChI=1S/C42H54N4O6/c1-41(2,3)51-39(49)45-29-35-19-15-33(16-20-35)23-25-37(47)43-27-7-9-31-11-13-32(14-12-31)10-8-28-44-38(48)26-24-34-17-21-36(22-18-34)30-46-40(50)52-42(4,5)6/h7-22H,23-30H2,1-6H3,(H,43,47)(H,44,48)(H,45,49)(H,46,50)/b9-7+,10-8+. The number of carbonyl (C=O) groups is 4. The van der Waals surface area contributed by atoms with Crippen molar-refractivity contribution in [2.24, 2.45) is 0 Å². The van der Waals surface area contributed by atoms with Gasteiger partial charge in [0.1, 0.15) is 11.2 Å². The summed E-state index contributed by atoms with van der Waals surface area (Å²) in [5.74, 6) is -0.0406. The molecule has 0 saturated carbocycles. The molecule has 3 aromatic carbocycles. The molecule has 0 heterocycles. The zero-order chi connectivity index (χ0) is 38.0. The van der Waals surface area contributed by atoms with Crippen molar-refractivity contribution < 1.29 is 28.7 Å². The lowest BCUT2D eigenvalue weighted by molar-refractivity contribution is -0.121. The Kier molecular flexibility index (Phi) is 16.2. The predicted octanol–water partition coefficient (Wildman–Crippen LogP) is 7.26. The Bertz CT molecular complexity index is 1520. The molecule has 10 nitrogen and oxygen atoms in total. The summed E-state index contributed by atoms with van der Waals surface area (Å²) in [6.45, 7) is 12.6. The van der Waals surface area contributed by atoms with Crippen LogP contribution in [0.25, 0.3) is 12.2 Å². The highest BCUT2D eigenvalue weighted by atomic mass is 16.6. The number of hydrogen-bond donors (Lipinski definition) is 4. The van der Waals surface area contributed by atoms with Crippen LogP contribution >= 0.6 is 0 Å². The van der Waals surface area contributed by atoms with Crippen LogP contribution in [0, 0.1) is 0 Å². The minimum atomic E-state index is -0.537.